The van der Waals surface area contributed by atoms with Gasteiger partial charge in [-0.25, -0.2) is 0 Å². The third kappa shape index (κ3) is 2.95. The molecule has 0 aromatic heterocycles. The average molecular weight is 191 g/mol. The van der Waals surface area contributed by atoms with Gasteiger partial charge in [-0.3, -0.25) is 0 Å². The maximum absolute atomic E-state index is 5.93. The van der Waals surface area contributed by atoms with E-state index in [0.717, 1.165) is 24.8 Å². The van der Waals surface area contributed by atoms with Crippen molar-refractivity contribution in [3.05, 3.63) is 0 Å². The Morgan fingerprint density at radius 3 is 2.58 bits per heavy atom. The Labute approximate surface area is 80.4 Å². The van der Waals surface area contributed by atoms with E-state index < -0.39 is 0 Å². The smallest absolute Gasteiger partial charge is 0.0465 e. The van der Waals surface area contributed by atoms with Gasteiger partial charge in [-0.15, -0.1) is 11.6 Å². The van der Waals surface area contributed by atoms with E-state index in [9.17, 15) is 0 Å². The summed E-state index contributed by atoms with van der Waals surface area (Å²) < 4.78 is 5.08. The van der Waals surface area contributed by atoms with E-state index in [4.69, 9.17) is 16.3 Å². The number of rotatable bonds is 5. The van der Waals surface area contributed by atoms with Crippen LogP contribution in [0.5, 0.6) is 0 Å². The minimum atomic E-state index is 0.703. The van der Waals surface area contributed by atoms with Crippen molar-refractivity contribution in [2.24, 2.45) is 11.8 Å². The van der Waals surface area contributed by atoms with E-state index >= 15 is 0 Å². The lowest BCUT2D eigenvalue weighted by Crippen LogP contribution is -2.15. The van der Waals surface area contributed by atoms with E-state index in [1.165, 1.54) is 25.7 Å². The molecule has 72 valence electrons. The molecule has 0 radical (unpaired) electrons. The Hall–Kier alpha value is 0.250. The first-order valence-corrected chi connectivity index (χ1v) is 5.47. The summed E-state index contributed by atoms with van der Waals surface area (Å²) in [5.74, 6) is 2.40. The zero-order valence-electron chi connectivity index (χ0n) is 7.89. The fraction of sp³-hybridized carbons (Fsp3) is 1.00. The second-order valence-corrected chi connectivity index (χ2v) is 4.05. The van der Waals surface area contributed by atoms with E-state index in [1.807, 2.05) is 0 Å². The predicted molar refractivity (Wildman–Crippen MR) is 52.7 cm³/mol. The lowest BCUT2D eigenvalue weighted by atomic mass is 9.90. The normalized spacial score (nSPS) is 21.5. The van der Waals surface area contributed by atoms with Crippen LogP contribution < -0.4 is 0 Å². The van der Waals surface area contributed by atoms with Crippen LogP contribution in [0.15, 0.2) is 0 Å². The summed E-state index contributed by atoms with van der Waals surface area (Å²) in [4.78, 5) is 0. The molecule has 1 saturated carbocycles. The average Bonchev–Trinajstić information content (AvgIpc) is 2.59. The van der Waals surface area contributed by atoms with Gasteiger partial charge in [-0.2, -0.15) is 0 Å². The molecule has 1 rings (SSSR count). The van der Waals surface area contributed by atoms with Crippen LogP contribution in [0.1, 0.15) is 32.1 Å². The van der Waals surface area contributed by atoms with Gasteiger partial charge < -0.3 is 4.74 Å². The molecule has 0 N–H and O–H groups in total. The Morgan fingerprint density at radius 1 is 1.42 bits per heavy atom. The molecule has 1 unspecified atom stereocenters. The molecule has 1 atom stereocenters. The number of hydrogen-bond donors (Lipinski definition) is 0. The summed E-state index contributed by atoms with van der Waals surface area (Å²) >= 11 is 5.93. The number of ether oxygens (including phenoxy) is 1. The van der Waals surface area contributed by atoms with Crippen molar-refractivity contribution in [2.45, 2.75) is 32.1 Å². The number of methoxy groups -OCH3 is 1. The van der Waals surface area contributed by atoms with Crippen LogP contribution in [-0.2, 0) is 4.74 Å². The molecule has 1 fully saturated rings. The topological polar surface area (TPSA) is 9.23 Å². The van der Waals surface area contributed by atoms with Crippen LogP contribution in [0, 0.1) is 11.8 Å². The molecule has 2 heteroatoms. The summed E-state index contributed by atoms with van der Waals surface area (Å²) in [6, 6.07) is 0. The van der Waals surface area contributed by atoms with Crippen molar-refractivity contribution < 1.29 is 4.74 Å². The Balaban J connectivity index is 2.22. The van der Waals surface area contributed by atoms with Crippen LogP contribution in [-0.4, -0.2) is 19.6 Å². The van der Waals surface area contributed by atoms with E-state index in [-0.39, 0.29) is 0 Å². The summed E-state index contributed by atoms with van der Waals surface area (Å²) in [5.41, 5.74) is 0. The Kier molecular flexibility index (Phi) is 5.01. The molecule has 0 aliphatic heterocycles. The van der Waals surface area contributed by atoms with E-state index in [2.05, 4.69) is 0 Å². The van der Waals surface area contributed by atoms with Gasteiger partial charge in [0, 0.05) is 19.6 Å². The standard InChI is InChI=1S/C10H19ClO/c1-12-7-6-10(8-11)9-4-2-3-5-9/h9-10H,2-8H2,1H3. The van der Waals surface area contributed by atoms with E-state index in [0.29, 0.717) is 5.92 Å². The second kappa shape index (κ2) is 5.82. The fourth-order valence-corrected chi connectivity index (χ4v) is 2.54. The zero-order valence-corrected chi connectivity index (χ0v) is 8.65. The summed E-state index contributed by atoms with van der Waals surface area (Å²) in [5, 5.41) is 0. The molecule has 0 aromatic carbocycles. The molecule has 0 spiro atoms. The number of halogens is 1. The van der Waals surface area contributed by atoms with Crippen LogP contribution in [0.2, 0.25) is 0 Å². The number of hydrogen-bond acceptors (Lipinski definition) is 1. The highest BCUT2D eigenvalue weighted by atomic mass is 35.5. The third-order valence-electron chi connectivity index (χ3n) is 2.96. The van der Waals surface area contributed by atoms with Crippen LogP contribution in [0.4, 0.5) is 0 Å². The first kappa shape index (κ1) is 10.3. The van der Waals surface area contributed by atoms with Gasteiger partial charge >= 0.3 is 0 Å². The zero-order chi connectivity index (χ0) is 8.81. The lowest BCUT2D eigenvalue weighted by Gasteiger charge is -2.20. The van der Waals surface area contributed by atoms with E-state index in [1.54, 1.807) is 7.11 Å². The van der Waals surface area contributed by atoms with Crippen molar-refractivity contribution in [3.63, 3.8) is 0 Å². The molecule has 0 bridgehead atoms. The Bertz CT molecular complexity index is 110. The first-order valence-electron chi connectivity index (χ1n) is 4.93. The van der Waals surface area contributed by atoms with Gasteiger partial charge in [0.05, 0.1) is 0 Å². The van der Waals surface area contributed by atoms with Crippen molar-refractivity contribution in [2.75, 3.05) is 19.6 Å². The van der Waals surface area contributed by atoms with Crippen molar-refractivity contribution in [3.8, 4) is 0 Å². The monoisotopic (exact) mass is 190 g/mol. The SMILES string of the molecule is COCCC(CCl)C1CCCC1. The maximum Gasteiger partial charge on any atom is 0.0465 e. The molecule has 1 nitrogen and oxygen atoms in total. The van der Waals surface area contributed by atoms with Gasteiger partial charge in [-0.05, 0) is 18.3 Å². The highest BCUT2D eigenvalue weighted by molar-refractivity contribution is 6.18. The minimum absolute atomic E-state index is 0.703. The molecular weight excluding hydrogens is 172 g/mol. The van der Waals surface area contributed by atoms with Crippen molar-refractivity contribution in [1.82, 2.24) is 0 Å². The molecule has 0 amide bonds. The quantitative estimate of drug-likeness (QED) is 0.606. The molecule has 0 saturated heterocycles. The molecule has 1 aliphatic rings. The molecule has 1 aliphatic carbocycles. The van der Waals surface area contributed by atoms with Gasteiger partial charge in [0.1, 0.15) is 0 Å². The van der Waals surface area contributed by atoms with Crippen molar-refractivity contribution >= 4 is 11.6 Å². The molecule has 0 aromatic rings. The third-order valence-corrected chi connectivity index (χ3v) is 3.35. The van der Waals surface area contributed by atoms with Gasteiger partial charge in [0.2, 0.25) is 0 Å². The summed E-state index contributed by atoms with van der Waals surface area (Å²) in [6.07, 6.45) is 6.74. The molecular formula is C10H19ClO. The number of alkyl halides is 1. The molecule has 0 heterocycles. The summed E-state index contributed by atoms with van der Waals surface area (Å²) in [7, 11) is 1.76. The predicted octanol–water partition coefficient (Wildman–Crippen LogP) is 3.07. The first-order chi connectivity index (χ1) is 5.88. The largest absolute Gasteiger partial charge is 0.385 e. The highest BCUT2D eigenvalue weighted by Crippen LogP contribution is 2.33. The van der Waals surface area contributed by atoms with Gasteiger partial charge in [-0.1, -0.05) is 25.7 Å². The minimum Gasteiger partial charge on any atom is -0.385 e. The Morgan fingerprint density at radius 2 is 2.08 bits per heavy atom. The van der Waals surface area contributed by atoms with Crippen LogP contribution >= 0.6 is 11.6 Å². The van der Waals surface area contributed by atoms with Crippen LogP contribution in [0.25, 0.3) is 0 Å². The molecule has 12 heavy (non-hydrogen) atoms. The van der Waals surface area contributed by atoms with Crippen LogP contribution in [0.3, 0.4) is 0 Å². The van der Waals surface area contributed by atoms with Gasteiger partial charge in [0.15, 0.2) is 0 Å². The highest BCUT2D eigenvalue weighted by Gasteiger charge is 2.23. The summed E-state index contributed by atoms with van der Waals surface area (Å²) in [6.45, 7) is 0.869. The van der Waals surface area contributed by atoms with Crippen molar-refractivity contribution in [1.29, 1.82) is 0 Å². The second-order valence-electron chi connectivity index (χ2n) is 3.74. The van der Waals surface area contributed by atoms with Gasteiger partial charge in [0.25, 0.3) is 0 Å². The lowest BCUT2D eigenvalue weighted by molar-refractivity contribution is 0.166. The fourth-order valence-electron chi connectivity index (χ4n) is 2.14. The maximum atomic E-state index is 5.93.